The largest absolute Gasteiger partial charge is 0.353 e. The van der Waals surface area contributed by atoms with Crippen LogP contribution < -0.4 is 10.5 Å². The maximum atomic E-state index is 14.0. The quantitative estimate of drug-likeness (QED) is 0.230. The molecule has 0 atom stereocenters. The third kappa shape index (κ3) is 6.88. The van der Waals surface area contributed by atoms with Crippen molar-refractivity contribution in [2.24, 2.45) is 0 Å². The lowest BCUT2D eigenvalue weighted by molar-refractivity contribution is -0.131. The Kier molecular flexibility index (Phi) is 9.56. The van der Waals surface area contributed by atoms with Crippen LogP contribution in [0.4, 0.5) is 5.82 Å². The van der Waals surface area contributed by atoms with Crippen molar-refractivity contribution in [1.29, 1.82) is 0 Å². The number of aromatic amines is 1. The lowest BCUT2D eigenvalue weighted by Crippen LogP contribution is -2.49. The first-order chi connectivity index (χ1) is 22.5. The van der Waals surface area contributed by atoms with Crippen molar-refractivity contribution in [3.8, 4) is 22.5 Å². The normalized spacial score (nSPS) is 13.3. The van der Waals surface area contributed by atoms with Crippen molar-refractivity contribution < 1.29 is 4.79 Å². The van der Waals surface area contributed by atoms with E-state index in [1.54, 1.807) is 10.8 Å². The zero-order valence-electron chi connectivity index (χ0n) is 26.4. The monoisotopic (exact) mass is 617 g/mol. The highest BCUT2D eigenvalue weighted by Gasteiger charge is 2.23. The number of benzene rings is 2. The number of hydrogen-bond acceptors (Lipinski definition) is 8. The summed E-state index contributed by atoms with van der Waals surface area (Å²) < 4.78 is 1.80. The molecule has 1 aliphatic heterocycles. The van der Waals surface area contributed by atoms with E-state index >= 15 is 0 Å². The number of unbranched alkanes of at least 4 members (excludes halogenated alkanes) is 1. The van der Waals surface area contributed by atoms with Crippen molar-refractivity contribution in [2.45, 2.75) is 52.5 Å². The van der Waals surface area contributed by atoms with E-state index in [2.05, 4.69) is 61.7 Å². The fourth-order valence-electron chi connectivity index (χ4n) is 6.04. The summed E-state index contributed by atoms with van der Waals surface area (Å²) in [6, 6.07) is 22.1. The van der Waals surface area contributed by atoms with E-state index in [0.29, 0.717) is 43.1 Å². The van der Waals surface area contributed by atoms with E-state index in [-0.39, 0.29) is 17.9 Å². The highest BCUT2D eigenvalue weighted by atomic mass is 16.2. The number of piperazine rings is 1. The molecule has 2 aromatic carbocycles. The average Bonchev–Trinajstić information content (AvgIpc) is 3.64. The third-order valence-corrected chi connectivity index (χ3v) is 8.63. The second-order valence-corrected chi connectivity index (χ2v) is 11.6. The average molecular weight is 618 g/mol. The van der Waals surface area contributed by atoms with Gasteiger partial charge in [0.1, 0.15) is 11.6 Å². The molecule has 6 rings (SSSR count). The molecule has 1 fully saturated rings. The summed E-state index contributed by atoms with van der Waals surface area (Å²) in [5.41, 5.74) is 5.22. The zero-order chi connectivity index (χ0) is 31.9. The van der Waals surface area contributed by atoms with Gasteiger partial charge in [0.05, 0.1) is 6.54 Å². The number of tetrazole rings is 1. The molecule has 0 radical (unpaired) electrons. The number of hydrogen-bond donors (Lipinski definition) is 1. The van der Waals surface area contributed by atoms with Crippen LogP contribution in [0.25, 0.3) is 22.5 Å². The summed E-state index contributed by atoms with van der Waals surface area (Å²) in [5.74, 6) is 2.40. The Balaban J connectivity index is 1.17. The molecule has 5 aromatic rings. The molecule has 46 heavy (non-hydrogen) atoms. The van der Waals surface area contributed by atoms with Crippen LogP contribution in [0.5, 0.6) is 0 Å². The fourth-order valence-corrected chi connectivity index (χ4v) is 6.04. The highest BCUT2D eigenvalue weighted by molar-refractivity contribution is 5.80. The fraction of sp³-hybridized carbons (Fsp3) is 0.343. The van der Waals surface area contributed by atoms with Crippen molar-refractivity contribution in [2.75, 3.05) is 31.1 Å². The van der Waals surface area contributed by atoms with Crippen LogP contribution >= 0.6 is 0 Å². The number of anilines is 1. The van der Waals surface area contributed by atoms with E-state index in [1.807, 2.05) is 54.3 Å². The van der Waals surface area contributed by atoms with Crippen LogP contribution in [0.3, 0.4) is 0 Å². The van der Waals surface area contributed by atoms with Crippen LogP contribution in [0.2, 0.25) is 0 Å². The molecule has 1 N–H and O–H groups in total. The Morgan fingerprint density at radius 1 is 0.913 bits per heavy atom. The minimum absolute atomic E-state index is 0.0568. The van der Waals surface area contributed by atoms with Gasteiger partial charge >= 0.3 is 0 Å². The van der Waals surface area contributed by atoms with Gasteiger partial charge in [-0.3, -0.25) is 14.2 Å². The van der Waals surface area contributed by atoms with Gasteiger partial charge in [-0.05, 0) is 59.0 Å². The number of aromatic nitrogens is 7. The first-order valence-corrected chi connectivity index (χ1v) is 16.0. The second kappa shape index (κ2) is 14.3. The molecule has 0 saturated carbocycles. The highest BCUT2D eigenvalue weighted by Crippen LogP contribution is 2.30. The predicted molar refractivity (Wildman–Crippen MR) is 177 cm³/mol. The molecule has 236 valence electrons. The maximum Gasteiger partial charge on any atom is 0.257 e. The standard InChI is InChI=1S/C35H39N9O2/c1-3-4-11-32-37-25(2)28(17-18-33(45)43-22-20-42(21-23-43)31-12-7-8-19-36-31)35(46)44(32)24-26-13-15-27(16-14-26)29-9-5-6-10-30(29)34-38-40-41-39-34/h5-10,12-16,19H,3-4,11,17-18,20-24H2,1-2H3,(H,38,39,40,41). The molecule has 11 heteroatoms. The van der Waals surface area contributed by atoms with Crippen molar-refractivity contribution in [3.63, 3.8) is 0 Å². The molecule has 1 amide bonds. The van der Waals surface area contributed by atoms with Gasteiger partial charge < -0.3 is 9.80 Å². The van der Waals surface area contributed by atoms with Gasteiger partial charge in [-0.15, -0.1) is 5.10 Å². The van der Waals surface area contributed by atoms with Gasteiger partial charge in [0.25, 0.3) is 5.56 Å². The molecular weight excluding hydrogens is 578 g/mol. The van der Waals surface area contributed by atoms with E-state index in [4.69, 9.17) is 4.98 Å². The number of nitrogens with zero attached hydrogens (tertiary/aromatic N) is 8. The predicted octanol–water partition coefficient (Wildman–Crippen LogP) is 4.47. The number of pyridine rings is 1. The van der Waals surface area contributed by atoms with E-state index in [1.165, 1.54) is 0 Å². The summed E-state index contributed by atoms with van der Waals surface area (Å²) in [5, 5.41) is 14.4. The van der Waals surface area contributed by atoms with Gasteiger partial charge in [0.2, 0.25) is 5.91 Å². The number of aryl methyl sites for hydroxylation is 2. The first-order valence-electron chi connectivity index (χ1n) is 16.0. The lowest BCUT2D eigenvalue weighted by Gasteiger charge is -2.35. The SMILES string of the molecule is CCCCc1nc(C)c(CCC(=O)N2CCN(c3ccccn3)CC2)c(=O)n1Cc1ccc(-c2ccccc2-c2nnn[nH]2)cc1. The maximum absolute atomic E-state index is 14.0. The molecule has 0 bridgehead atoms. The summed E-state index contributed by atoms with van der Waals surface area (Å²) in [6.45, 7) is 7.20. The minimum atomic E-state index is -0.0568. The molecule has 11 nitrogen and oxygen atoms in total. The van der Waals surface area contributed by atoms with Crippen LogP contribution in [-0.4, -0.2) is 72.1 Å². The van der Waals surface area contributed by atoms with Gasteiger partial charge in [-0.2, -0.15) is 0 Å². The minimum Gasteiger partial charge on any atom is -0.353 e. The van der Waals surface area contributed by atoms with Crippen LogP contribution in [0.1, 0.15) is 48.8 Å². The van der Waals surface area contributed by atoms with Gasteiger partial charge in [-0.1, -0.05) is 67.9 Å². The Morgan fingerprint density at radius 2 is 1.67 bits per heavy atom. The summed E-state index contributed by atoms with van der Waals surface area (Å²) in [4.78, 5) is 40.7. The van der Waals surface area contributed by atoms with Gasteiger partial charge in [0.15, 0.2) is 5.82 Å². The number of nitrogens with one attached hydrogen (secondary N) is 1. The smallest absolute Gasteiger partial charge is 0.257 e. The topological polar surface area (TPSA) is 126 Å². The Hall–Kier alpha value is -5.19. The van der Waals surface area contributed by atoms with Crippen LogP contribution in [-0.2, 0) is 24.2 Å². The number of H-pyrrole nitrogens is 1. The summed E-state index contributed by atoms with van der Waals surface area (Å²) in [6.07, 6.45) is 5.12. The molecule has 0 unspecified atom stereocenters. The van der Waals surface area contributed by atoms with E-state index in [9.17, 15) is 9.59 Å². The van der Waals surface area contributed by atoms with Gasteiger partial charge in [0, 0.05) is 62.0 Å². The van der Waals surface area contributed by atoms with Gasteiger partial charge in [-0.25, -0.2) is 15.1 Å². The third-order valence-electron chi connectivity index (χ3n) is 8.63. The van der Waals surface area contributed by atoms with Crippen molar-refractivity contribution in [3.05, 3.63) is 106 Å². The molecule has 3 aromatic heterocycles. The Morgan fingerprint density at radius 3 is 2.37 bits per heavy atom. The Bertz CT molecular complexity index is 1810. The summed E-state index contributed by atoms with van der Waals surface area (Å²) >= 11 is 0. The number of rotatable bonds is 11. The number of carbonyl (C=O) groups excluding carboxylic acids is 1. The van der Waals surface area contributed by atoms with E-state index < -0.39 is 0 Å². The number of amides is 1. The molecule has 0 spiro atoms. The molecule has 1 aliphatic rings. The molecule has 1 saturated heterocycles. The van der Waals surface area contributed by atoms with Crippen molar-refractivity contribution >= 4 is 11.7 Å². The second-order valence-electron chi connectivity index (χ2n) is 11.6. The first kappa shape index (κ1) is 30.8. The summed E-state index contributed by atoms with van der Waals surface area (Å²) in [7, 11) is 0. The molecule has 4 heterocycles. The van der Waals surface area contributed by atoms with Crippen LogP contribution in [0, 0.1) is 6.92 Å². The van der Waals surface area contributed by atoms with E-state index in [0.717, 1.165) is 66.2 Å². The molecule has 0 aliphatic carbocycles. The lowest BCUT2D eigenvalue weighted by atomic mass is 9.98. The van der Waals surface area contributed by atoms with Crippen molar-refractivity contribution in [1.82, 2.24) is 40.1 Å². The zero-order valence-corrected chi connectivity index (χ0v) is 26.4. The Labute approximate surface area is 268 Å². The number of carbonyl (C=O) groups is 1. The molecular formula is C35H39N9O2. The van der Waals surface area contributed by atoms with Crippen LogP contribution in [0.15, 0.2) is 77.7 Å².